The maximum absolute atomic E-state index is 8.18. The first-order valence-corrected chi connectivity index (χ1v) is 7.72. The summed E-state index contributed by atoms with van der Waals surface area (Å²) in [7, 11) is 0. The summed E-state index contributed by atoms with van der Waals surface area (Å²) in [5.41, 5.74) is 8.63. The molecule has 0 amide bonds. The molecule has 1 saturated heterocycles. The van der Waals surface area contributed by atoms with Crippen LogP contribution in [0.5, 0.6) is 0 Å². The molecule has 1 fully saturated rings. The van der Waals surface area contributed by atoms with Crippen LogP contribution in [0.4, 0.5) is 11.6 Å². The van der Waals surface area contributed by atoms with E-state index in [0.717, 1.165) is 30.3 Å². The number of aryl methyl sites for hydroxylation is 1. The summed E-state index contributed by atoms with van der Waals surface area (Å²) in [4.78, 5) is 18.2. The monoisotopic (exact) mass is 326 g/mol. The number of hydrogen-bond acceptors (Lipinski definition) is 7. The SMILES string of the molecule is Cc1nc(N2CCOCC2)ccc1-n1c(=N)nc(N)c2[nH]cnc21. The molecule has 0 saturated carbocycles. The Bertz CT molecular complexity index is 954. The van der Waals surface area contributed by atoms with Crippen molar-refractivity contribution in [3.63, 3.8) is 0 Å². The van der Waals surface area contributed by atoms with E-state index in [0.29, 0.717) is 24.4 Å². The zero-order valence-electron chi connectivity index (χ0n) is 13.3. The Morgan fingerprint density at radius 2 is 2.04 bits per heavy atom. The molecular formula is C15H18N8O. The molecule has 0 aromatic carbocycles. The number of nitrogen functional groups attached to an aromatic ring is 1. The van der Waals surface area contributed by atoms with Crippen LogP contribution in [0.3, 0.4) is 0 Å². The minimum Gasteiger partial charge on any atom is -0.382 e. The highest BCUT2D eigenvalue weighted by Gasteiger charge is 2.16. The molecule has 4 heterocycles. The zero-order chi connectivity index (χ0) is 16.7. The zero-order valence-corrected chi connectivity index (χ0v) is 13.3. The van der Waals surface area contributed by atoms with Gasteiger partial charge in [0.2, 0.25) is 5.62 Å². The third-order valence-corrected chi connectivity index (χ3v) is 4.14. The van der Waals surface area contributed by atoms with Crippen molar-refractivity contribution in [2.75, 3.05) is 36.9 Å². The first-order chi connectivity index (χ1) is 11.6. The van der Waals surface area contributed by atoms with Crippen LogP contribution in [-0.2, 0) is 4.74 Å². The number of ether oxygens (including phenoxy) is 1. The Kier molecular flexibility index (Phi) is 3.42. The lowest BCUT2D eigenvalue weighted by Crippen LogP contribution is -2.37. The van der Waals surface area contributed by atoms with Gasteiger partial charge in [0.25, 0.3) is 0 Å². The highest BCUT2D eigenvalue weighted by Crippen LogP contribution is 2.21. The van der Waals surface area contributed by atoms with E-state index < -0.39 is 0 Å². The number of rotatable bonds is 2. The van der Waals surface area contributed by atoms with Crippen LogP contribution < -0.4 is 16.3 Å². The van der Waals surface area contributed by atoms with E-state index in [1.807, 2.05) is 19.1 Å². The Balaban J connectivity index is 1.83. The van der Waals surface area contributed by atoms with Gasteiger partial charge in [-0.2, -0.15) is 4.98 Å². The molecule has 0 atom stereocenters. The molecule has 24 heavy (non-hydrogen) atoms. The molecule has 3 aromatic rings. The van der Waals surface area contributed by atoms with Gasteiger partial charge in [0.1, 0.15) is 11.3 Å². The maximum Gasteiger partial charge on any atom is 0.230 e. The topological polar surface area (TPSA) is 122 Å². The third kappa shape index (κ3) is 2.29. The van der Waals surface area contributed by atoms with E-state index in [2.05, 4.69) is 19.9 Å². The number of anilines is 2. The first-order valence-electron chi connectivity index (χ1n) is 7.72. The van der Waals surface area contributed by atoms with Gasteiger partial charge in [-0.15, -0.1) is 0 Å². The molecule has 9 heteroatoms. The van der Waals surface area contributed by atoms with Gasteiger partial charge in [-0.25, -0.2) is 9.97 Å². The minimum absolute atomic E-state index is 0.0242. The molecule has 0 bridgehead atoms. The van der Waals surface area contributed by atoms with Crippen LogP contribution in [0.15, 0.2) is 18.5 Å². The molecule has 4 N–H and O–H groups in total. The second kappa shape index (κ2) is 5.60. The highest BCUT2D eigenvalue weighted by atomic mass is 16.5. The van der Waals surface area contributed by atoms with Crippen LogP contribution in [0, 0.1) is 12.3 Å². The second-order valence-electron chi connectivity index (χ2n) is 5.63. The molecule has 9 nitrogen and oxygen atoms in total. The van der Waals surface area contributed by atoms with Gasteiger partial charge in [0.05, 0.1) is 30.9 Å². The Morgan fingerprint density at radius 1 is 1.25 bits per heavy atom. The summed E-state index contributed by atoms with van der Waals surface area (Å²) in [5, 5.41) is 8.18. The summed E-state index contributed by atoms with van der Waals surface area (Å²) in [6.45, 7) is 5.00. The average molecular weight is 326 g/mol. The Hall–Kier alpha value is -2.94. The number of aromatic amines is 1. The second-order valence-corrected chi connectivity index (χ2v) is 5.63. The van der Waals surface area contributed by atoms with Crippen molar-refractivity contribution in [3.05, 3.63) is 29.8 Å². The van der Waals surface area contributed by atoms with Crippen LogP contribution in [0.2, 0.25) is 0 Å². The minimum atomic E-state index is 0.0242. The number of fused-ring (bicyclic) bond motifs is 1. The Morgan fingerprint density at radius 3 is 2.79 bits per heavy atom. The van der Waals surface area contributed by atoms with E-state index in [9.17, 15) is 0 Å². The van der Waals surface area contributed by atoms with E-state index in [1.165, 1.54) is 0 Å². The van der Waals surface area contributed by atoms with Crippen molar-refractivity contribution in [1.29, 1.82) is 5.41 Å². The van der Waals surface area contributed by atoms with Gasteiger partial charge < -0.3 is 20.4 Å². The summed E-state index contributed by atoms with van der Waals surface area (Å²) < 4.78 is 7.03. The van der Waals surface area contributed by atoms with Crippen molar-refractivity contribution < 1.29 is 4.74 Å². The smallest absolute Gasteiger partial charge is 0.230 e. The van der Waals surface area contributed by atoms with Crippen molar-refractivity contribution in [1.82, 2.24) is 24.5 Å². The normalized spacial score (nSPS) is 15.1. The van der Waals surface area contributed by atoms with Gasteiger partial charge in [-0.1, -0.05) is 0 Å². The third-order valence-electron chi connectivity index (χ3n) is 4.14. The number of aromatic nitrogens is 5. The first kappa shape index (κ1) is 14.6. The number of nitrogens with one attached hydrogen (secondary N) is 2. The molecule has 0 spiro atoms. The van der Waals surface area contributed by atoms with Gasteiger partial charge in [-0.3, -0.25) is 9.98 Å². The van der Waals surface area contributed by atoms with E-state index in [4.69, 9.17) is 20.9 Å². The lowest BCUT2D eigenvalue weighted by Gasteiger charge is -2.28. The van der Waals surface area contributed by atoms with Crippen LogP contribution in [0.25, 0.3) is 16.9 Å². The van der Waals surface area contributed by atoms with Crippen molar-refractivity contribution >= 4 is 22.8 Å². The molecule has 1 aliphatic heterocycles. The summed E-state index contributed by atoms with van der Waals surface area (Å²) in [6, 6.07) is 3.89. The maximum atomic E-state index is 8.18. The lowest BCUT2D eigenvalue weighted by atomic mass is 10.2. The molecule has 0 aliphatic carbocycles. The molecular weight excluding hydrogens is 308 g/mol. The van der Waals surface area contributed by atoms with E-state index in [-0.39, 0.29) is 11.4 Å². The number of nitrogens with zero attached hydrogens (tertiary/aromatic N) is 5. The van der Waals surface area contributed by atoms with Gasteiger partial charge in [0.15, 0.2) is 11.5 Å². The number of morpholine rings is 1. The number of imidazole rings is 1. The van der Waals surface area contributed by atoms with Crippen molar-refractivity contribution in [2.24, 2.45) is 0 Å². The number of nitrogens with two attached hydrogens (primary N) is 1. The lowest BCUT2D eigenvalue weighted by molar-refractivity contribution is 0.122. The number of pyridine rings is 1. The number of H-pyrrole nitrogens is 1. The predicted molar refractivity (Wildman–Crippen MR) is 89.0 cm³/mol. The molecule has 1 aliphatic rings. The fourth-order valence-corrected chi connectivity index (χ4v) is 2.94. The summed E-state index contributed by atoms with van der Waals surface area (Å²) in [6.07, 6.45) is 1.55. The van der Waals surface area contributed by atoms with Gasteiger partial charge in [0, 0.05) is 13.1 Å². The number of hydrogen-bond donors (Lipinski definition) is 3. The quantitative estimate of drug-likeness (QED) is 0.625. The van der Waals surface area contributed by atoms with Crippen LogP contribution in [0.1, 0.15) is 5.69 Å². The summed E-state index contributed by atoms with van der Waals surface area (Å²) >= 11 is 0. The van der Waals surface area contributed by atoms with Gasteiger partial charge >= 0.3 is 0 Å². The highest BCUT2D eigenvalue weighted by molar-refractivity contribution is 5.82. The molecule has 4 rings (SSSR count). The van der Waals surface area contributed by atoms with Crippen molar-refractivity contribution in [3.8, 4) is 5.69 Å². The standard InChI is InChI=1S/C15H18N8O/c1-9-10(2-3-11(20-9)22-4-6-24-7-5-22)23-14-12(18-8-19-14)13(16)21-15(23)17/h2-3,8H,4-7H2,1H3,(H,18,19)(H3,16,17,21). The molecule has 0 unspecified atom stereocenters. The molecule has 0 radical (unpaired) electrons. The molecule has 124 valence electrons. The van der Waals surface area contributed by atoms with E-state index in [1.54, 1.807) is 10.9 Å². The Labute approximate surface area is 137 Å². The fraction of sp³-hybridized carbons (Fsp3) is 0.333. The molecule has 3 aromatic heterocycles. The van der Waals surface area contributed by atoms with Crippen molar-refractivity contribution in [2.45, 2.75) is 6.92 Å². The predicted octanol–water partition coefficient (Wildman–Crippen LogP) is 0.350. The fourth-order valence-electron chi connectivity index (χ4n) is 2.94. The van der Waals surface area contributed by atoms with Crippen LogP contribution >= 0.6 is 0 Å². The van der Waals surface area contributed by atoms with E-state index >= 15 is 0 Å². The van der Waals surface area contributed by atoms with Crippen LogP contribution in [-0.4, -0.2) is 50.8 Å². The summed E-state index contributed by atoms with van der Waals surface area (Å²) in [5.74, 6) is 1.17. The van der Waals surface area contributed by atoms with Gasteiger partial charge in [-0.05, 0) is 19.1 Å². The largest absolute Gasteiger partial charge is 0.382 e. The average Bonchev–Trinajstić information content (AvgIpc) is 3.07.